The van der Waals surface area contributed by atoms with Gasteiger partial charge in [0.25, 0.3) is 11.8 Å². The van der Waals surface area contributed by atoms with Crippen LogP contribution in [0.2, 0.25) is 5.02 Å². The predicted molar refractivity (Wildman–Crippen MR) is 79.5 cm³/mol. The highest BCUT2D eigenvalue weighted by molar-refractivity contribution is 6.30. The van der Waals surface area contributed by atoms with Crippen LogP contribution >= 0.6 is 11.6 Å². The highest BCUT2D eigenvalue weighted by Crippen LogP contribution is 2.31. The minimum atomic E-state index is -1.00. The van der Waals surface area contributed by atoms with Crippen LogP contribution in [0, 0.1) is 11.6 Å². The first kappa shape index (κ1) is 14.7. The van der Waals surface area contributed by atoms with Gasteiger partial charge in [-0.2, -0.15) is 5.10 Å². The molecule has 6 nitrogen and oxygen atoms in total. The van der Waals surface area contributed by atoms with E-state index in [1.165, 1.54) is 12.4 Å². The first-order valence-electron chi connectivity index (χ1n) is 6.79. The van der Waals surface area contributed by atoms with Crippen molar-refractivity contribution in [3.63, 3.8) is 0 Å². The Balaban J connectivity index is 1.80. The summed E-state index contributed by atoms with van der Waals surface area (Å²) < 4.78 is 27.9. The lowest BCUT2D eigenvalue weighted by atomic mass is 10.1. The maximum absolute atomic E-state index is 14.1. The van der Waals surface area contributed by atoms with Gasteiger partial charge in [0, 0.05) is 11.8 Å². The molecule has 1 N–H and O–H groups in total. The van der Waals surface area contributed by atoms with Crippen LogP contribution in [-0.2, 0) is 6.54 Å². The topological polar surface area (TPSA) is 79.0 Å². The number of aromatic amines is 1. The van der Waals surface area contributed by atoms with Gasteiger partial charge in [0.2, 0.25) is 0 Å². The van der Waals surface area contributed by atoms with Crippen LogP contribution in [-0.4, -0.2) is 31.9 Å². The van der Waals surface area contributed by atoms with Crippen molar-refractivity contribution in [1.82, 2.24) is 20.1 Å². The number of pyridine rings is 1. The van der Waals surface area contributed by atoms with E-state index in [0.29, 0.717) is 11.0 Å². The molecule has 3 aromatic rings. The Morgan fingerprint density at radius 1 is 1.17 bits per heavy atom. The molecule has 0 bridgehead atoms. The first-order valence-corrected chi connectivity index (χ1v) is 7.17. The summed E-state index contributed by atoms with van der Waals surface area (Å²) in [5.41, 5.74) is 0.0728. The number of imide groups is 1. The van der Waals surface area contributed by atoms with Crippen molar-refractivity contribution in [2.75, 3.05) is 0 Å². The number of nitrogens with one attached hydrogen (secondary N) is 1. The average Bonchev–Trinajstić information content (AvgIpc) is 3.13. The number of aromatic nitrogens is 3. The summed E-state index contributed by atoms with van der Waals surface area (Å²) in [6.45, 7) is -0.566. The van der Waals surface area contributed by atoms with E-state index >= 15 is 0 Å². The molecule has 120 valence electrons. The second-order valence-corrected chi connectivity index (χ2v) is 5.60. The van der Waals surface area contributed by atoms with Crippen molar-refractivity contribution in [3.05, 3.63) is 57.9 Å². The summed E-state index contributed by atoms with van der Waals surface area (Å²) in [6, 6.07) is 2.05. The van der Waals surface area contributed by atoms with Gasteiger partial charge in [0.15, 0.2) is 5.65 Å². The van der Waals surface area contributed by atoms with Crippen molar-refractivity contribution in [2.24, 2.45) is 0 Å². The van der Waals surface area contributed by atoms with E-state index in [0.717, 1.165) is 17.0 Å². The number of nitrogens with zero attached hydrogens (tertiary/aromatic N) is 3. The molecule has 1 aromatic carbocycles. The molecule has 4 rings (SSSR count). The molecule has 0 saturated carbocycles. The zero-order valence-electron chi connectivity index (χ0n) is 11.8. The fraction of sp³-hybridized carbons (Fsp3) is 0.0667. The normalized spacial score (nSPS) is 13.9. The van der Waals surface area contributed by atoms with E-state index in [-0.39, 0.29) is 16.1 Å². The van der Waals surface area contributed by atoms with E-state index in [1.807, 2.05) is 0 Å². The molecule has 2 amide bonds. The van der Waals surface area contributed by atoms with Crippen LogP contribution < -0.4 is 0 Å². The van der Waals surface area contributed by atoms with Crippen LogP contribution in [0.4, 0.5) is 8.78 Å². The van der Waals surface area contributed by atoms with Gasteiger partial charge in [-0.25, -0.2) is 13.8 Å². The number of hydrogen-bond acceptors (Lipinski definition) is 4. The molecular formula is C15H7ClF2N4O2. The van der Waals surface area contributed by atoms with Gasteiger partial charge in [-0.1, -0.05) is 11.6 Å². The van der Waals surface area contributed by atoms with E-state index in [9.17, 15) is 18.4 Å². The van der Waals surface area contributed by atoms with E-state index in [4.69, 9.17) is 11.6 Å². The summed E-state index contributed by atoms with van der Waals surface area (Å²) in [4.78, 5) is 29.8. The molecule has 3 heterocycles. The summed E-state index contributed by atoms with van der Waals surface area (Å²) in [5.74, 6) is -3.23. The predicted octanol–water partition coefficient (Wildman–Crippen LogP) is 2.69. The summed E-state index contributed by atoms with van der Waals surface area (Å²) in [7, 11) is 0. The van der Waals surface area contributed by atoms with Gasteiger partial charge in [0.1, 0.15) is 11.6 Å². The van der Waals surface area contributed by atoms with Gasteiger partial charge in [0.05, 0.1) is 34.3 Å². The number of hydrogen-bond donors (Lipinski definition) is 1. The number of amides is 2. The van der Waals surface area contributed by atoms with Gasteiger partial charge in [-0.05, 0) is 12.1 Å². The lowest BCUT2D eigenvalue weighted by molar-refractivity contribution is 0.0640. The van der Waals surface area contributed by atoms with Crippen molar-refractivity contribution >= 4 is 34.4 Å². The zero-order valence-corrected chi connectivity index (χ0v) is 12.6. The summed E-state index contributed by atoms with van der Waals surface area (Å²) in [6.07, 6.45) is 2.61. The zero-order chi connectivity index (χ0) is 17.0. The maximum Gasteiger partial charge on any atom is 0.263 e. The molecule has 0 atom stereocenters. The summed E-state index contributed by atoms with van der Waals surface area (Å²) >= 11 is 5.64. The van der Waals surface area contributed by atoms with Crippen LogP contribution in [0.3, 0.4) is 0 Å². The van der Waals surface area contributed by atoms with Crippen LogP contribution in [0.5, 0.6) is 0 Å². The highest BCUT2D eigenvalue weighted by atomic mass is 35.5. The smallest absolute Gasteiger partial charge is 0.263 e. The largest absolute Gasteiger partial charge is 0.270 e. The first-order chi connectivity index (χ1) is 11.5. The molecule has 0 aliphatic carbocycles. The Bertz CT molecular complexity index is 1030. The quantitative estimate of drug-likeness (QED) is 0.570. The van der Waals surface area contributed by atoms with E-state index in [2.05, 4.69) is 15.2 Å². The third-order valence-electron chi connectivity index (χ3n) is 3.87. The fourth-order valence-electron chi connectivity index (χ4n) is 2.68. The van der Waals surface area contributed by atoms with Gasteiger partial charge < -0.3 is 0 Å². The Morgan fingerprint density at radius 3 is 2.75 bits per heavy atom. The minimum Gasteiger partial charge on any atom is -0.270 e. The molecule has 24 heavy (non-hydrogen) atoms. The minimum absolute atomic E-state index is 0.0664. The molecule has 2 aromatic heterocycles. The van der Waals surface area contributed by atoms with Crippen LogP contribution in [0.25, 0.3) is 11.0 Å². The van der Waals surface area contributed by atoms with E-state index < -0.39 is 35.6 Å². The highest BCUT2D eigenvalue weighted by Gasteiger charge is 2.38. The third-order valence-corrected chi connectivity index (χ3v) is 4.16. The van der Waals surface area contributed by atoms with Crippen LogP contribution in [0.15, 0.2) is 24.5 Å². The fourth-order valence-corrected chi connectivity index (χ4v) is 2.86. The number of fused-ring (bicyclic) bond motifs is 3. The van der Waals surface area contributed by atoms with Gasteiger partial charge >= 0.3 is 0 Å². The molecular weight excluding hydrogens is 342 g/mol. The van der Waals surface area contributed by atoms with Crippen LogP contribution in [0.1, 0.15) is 26.3 Å². The SMILES string of the molecule is O=C1c2cnc3[nH]ncc3c2C(=O)N1Cc1c(F)ccc(Cl)c1F. The number of carbonyl (C=O) groups is 2. The third kappa shape index (κ3) is 1.93. The van der Waals surface area contributed by atoms with Crippen molar-refractivity contribution < 1.29 is 18.4 Å². The molecule has 9 heteroatoms. The molecule has 1 aliphatic rings. The molecule has 0 fully saturated rings. The molecule has 0 spiro atoms. The lowest BCUT2D eigenvalue weighted by Gasteiger charge is -2.15. The van der Waals surface area contributed by atoms with E-state index in [1.54, 1.807) is 0 Å². The van der Waals surface area contributed by atoms with Gasteiger partial charge in [-0.15, -0.1) is 0 Å². The summed E-state index contributed by atoms with van der Waals surface area (Å²) in [5, 5.41) is 6.46. The second-order valence-electron chi connectivity index (χ2n) is 5.20. The Morgan fingerprint density at radius 2 is 1.96 bits per heavy atom. The second kappa shape index (κ2) is 5.07. The lowest BCUT2D eigenvalue weighted by Crippen LogP contribution is -2.30. The Labute approximate surface area is 138 Å². The van der Waals surface area contributed by atoms with Crippen molar-refractivity contribution in [1.29, 1.82) is 0 Å². The standard InChI is InChI=1S/C15H7ClF2N4O2/c16-9-1-2-10(17)8(12(9)18)5-22-14(23)7-3-19-13-6(4-20-21-13)11(7)15(22)24/h1-4H,5H2,(H,19,20,21). The molecule has 1 aliphatic heterocycles. The molecule has 0 unspecified atom stereocenters. The number of halogens is 3. The number of rotatable bonds is 2. The molecule has 0 saturated heterocycles. The monoisotopic (exact) mass is 348 g/mol. The van der Waals surface area contributed by atoms with Gasteiger partial charge in [-0.3, -0.25) is 19.6 Å². The van der Waals surface area contributed by atoms with Crippen molar-refractivity contribution in [2.45, 2.75) is 6.54 Å². The molecule has 0 radical (unpaired) electrons. The maximum atomic E-state index is 14.1. The Kier molecular flexibility index (Phi) is 3.10. The average molecular weight is 349 g/mol. The van der Waals surface area contributed by atoms with Crippen molar-refractivity contribution in [3.8, 4) is 0 Å². The number of benzene rings is 1. The number of carbonyl (C=O) groups excluding carboxylic acids is 2. The number of H-pyrrole nitrogens is 1. The Hall–Kier alpha value is -2.87.